The zero-order valence-electron chi connectivity index (χ0n) is 14.7. The molecule has 1 fully saturated rings. The second-order valence-electron chi connectivity index (χ2n) is 6.14. The van der Waals surface area contributed by atoms with E-state index in [1.165, 1.54) is 16.2 Å². The molecule has 9 heteroatoms. The van der Waals surface area contributed by atoms with Crippen molar-refractivity contribution in [2.24, 2.45) is 0 Å². The van der Waals surface area contributed by atoms with E-state index in [0.717, 1.165) is 10.4 Å². The van der Waals surface area contributed by atoms with E-state index in [0.29, 0.717) is 11.4 Å². The van der Waals surface area contributed by atoms with Crippen LogP contribution < -0.4 is 0 Å². The van der Waals surface area contributed by atoms with Gasteiger partial charge in [0.15, 0.2) is 6.61 Å². The summed E-state index contributed by atoms with van der Waals surface area (Å²) in [6, 6.07) is 10.3. The number of nitrogens with zero attached hydrogens (tertiary/aromatic N) is 3. The molecule has 1 saturated heterocycles. The molecule has 0 bridgehead atoms. The Balaban J connectivity index is 1.33. The molecular formula is C19H15N3O5S. The maximum atomic E-state index is 12.2. The number of carbonyl (C=O) groups is 3. The number of hydrogen-bond acceptors (Lipinski definition) is 8. The molecule has 4 rings (SSSR count). The Labute approximate surface area is 163 Å². The number of benzene rings is 1. The second-order valence-corrected chi connectivity index (χ2v) is 7.08. The molecule has 0 N–H and O–H groups in total. The lowest BCUT2D eigenvalue weighted by Gasteiger charge is -2.13. The third-order valence-corrected chi connectivity index (χ3v) is 5.09. The number of carbonyl (C=O) groups excluding carboxylic acids is 3. The zero-order chi connectivity index (χ0) is 19.5. The van der Waals surface area contributed by atoms with Gasteiger partial charge < -0.3 is 9.26 Å². The van der Waals surface area contributed by atoms with Crippen LogP contribution in [-0.2, 0) is 27.5 Å². The Morgan fingerprint density at radius 3 is 2.57 bits per heavy atom. The van der Waals surface area contributed by atoms with Gasteiger partial charge in [-0.15, -0.1) is 11.3 Å². The third kappa shape index (κ3) is 3.84. The van der Waals surface area contributed by atoms with Crippen molar-refractivity contribution in [1.82, 2.24) is 15.0 Å². The third-order valence-electron chi connectivity index (χ3n) is 4.22. The summed E-state index contributed by atoms with van der Waals surface area (Å²) in [7, 11) is 0. The second kappa shape index (κ2) is 7.73. The van der Waals surface area contributed by atoms with Crippen LogP contribution in [0.25, 0.3) is 10.7 Å². The molecule has 2 amide bonds. The van der Waals surface area contributed by atoms with Crippen LogP contribution >= 0.6 is 11.3 Å². The molecule has 8 nitrogen and oxygen atoms in total. The standard InChI is InChI=1S/C19H15N3O5S/c23-16-7-8-17(24)22(16)10-12-3-5-13(6-4-12)19(25)26-11-15-20-18(21-27-15)14-2-1-9-28-14/h1-6,9H,7-8,10-11H2. The summed E-state index contributed by atoms with van der Waals surface area (Å²) < 4.78 is 10.3. The van der Waals surface area contributed by atoms with E-state index in [4.69, 9.17) is 9.26 Å². The van der Waals surface area contributed by atoms with Crippen LogP contribution in [0.5, 0.6) is 0 Å². The molecule has 0 spiro atoms. The first-order valence-corrected chi connectivity index (χ1v) is 9.44. The summed E-state index contributed by atoms with van der Waals surface area (Å²) in [5.74, 6) is -0.212. The summed E-state index contributed by atoms with van der Waals surface area (Å²) in [6.07, 6.45) is 0.514. The summed E-state index contributed by atoms with van der Waals surface area (Å²) in [6.45, 7) is 0.0796. The van der Waals surface area contributed by atoms with Gasteiger partial charge in [-0.2, -0.15) is 4.98 Å². The first kappa shape index (κ1) is 18.1. The maximum absolute atomic E-state index is 12.2. The van der Waals surface area contributed by atoms with Gasteiger partial charge in [0.1, 0.15) is 0 Å². The van der Waals surface area contributed by atoms with E-state index in [2.05, 4.69) is 10.1 Å². The first-order chi connectivity index (χ1) is 13.6. The normalized spacial score (nSPS) is 13.9. The van der Waals surface area contributed by atoms with Crippen molar-refractivity contribution >= 4 is 29.1 Å². The highest BCUT2D eigenvalue weighted by Crippen LogP contribution is 2.21. The van der Waals surface area contributed by atoms with E-state index in [-0.39, 0.29) is 43.7 Å². The predicted molar refractivity (Wildman–Crippen MR) is 98.0 cm³/mol. The summed E-state index contributed by atoms with van der Waals surface area (Å²) >= 11 is 1.49. The first-order valence-electron chi connectivity index (χ1n) is 8.56. The van der Waals surface area contributed by atoms with Crippen LogP contribution in [0.1, 0.15) is 34.7 Å². The van der Waals surface area contributed by atoms with Crippen molar-refractivity contribution in [2.75, 3.05) is 0 Å². The summed E-state index contributed by atoms with van der Waals surface area (Å²) in [5, 5.41) is 5.76. The molecule has 0 saturated carbocycles. The van der Waals surface area contributed by atoms with E-state index < -0.39 is 5.97 Å². The number of hydrogen-bond donors (Lipinski definition) is 0. The predicted octanol–water partition coefficient (Wildman–Crippen LogP) is 2.80. The molecule has 2 aromatic heterocycles. The maximum Gasteiger partial charge on any atom is 0.338 e. The number of esters is 1. The number of thiophene rings is 1. The van der Waals surface area contributed by atoms with Gasteiger partial charge in [-0.3, -0.25) is 14.5 Å². The highest BCUT2D eigenvalue weighted by Gasteiger charge is 2.28. The fourth-order valence-corrected chi connectivity index (χ4v) is 3.41. The molecule has 0 aliphatic carbocycles. The fourth-order valence-electron chi connectivity index (χ4n) is 2.76. The monoisotopic (exact) mass is 397 g/mol. The number of ether oxygens (including phenoxy) is 1. The van der Waals surface area contributed by atoms with Gasteiger partial charge in [0.25, 0.3) is 5.89 Å². The van der Waals surface area contributed by atoms with Crippen molar-refractivity contribution in [3.63, 3.8) is 0 Å². The van der Waals surface area contributed by atoms with Gasteiger partial charge in [-0.25, -0.2) is 4.79 Å². The molecule has 142 valence electrons. The Hall–Kier alpha value is -3.33. The SMILES string of the molecule is O=C(OCc1nc(-c2cccs2)no1)c1ccc(CN2C(=O)CCC2=O)cc1. The zero-order valence-corrected chi connectivity index (χ0v) is 15.5. The Kier molecular flexibility index (Phi) is 4.98. The minimum Gasteiger partial charge on any atom is -0.452 e. The lowest BCUT2D eigenvalue weighted by atomic mass is 10.1. The van der Waals surface area contributed by atoms with Crippen molar-refractivity contribution in [3.05, 3.63) is 58.8 Å². The number of amides is 2. The molecule has 0 radical (unpaired) electrons. The molecule has 1 aromatic carbocycles. The lowest BCUT2D eigenvalue weighted by molar-refractivity contribution is -0.139. The number of aromatic nitrogens is 2. The summed E-state index contributed by atoms with van der Waals surface area (Å²) in [4.78, 5) is 41.8. The van der Waals surface area contributed by atoms with Crippen molar-refractivity contribution in [1.29, 1.82) is 0 Å². The van der Waals surface area contributed by atoms with E-state index in [1.54, 1.807) is 24.3 Å². The van der Waals surface area contributed by atoms with Crippen molar-refractivity contribution in [2.45, 2.75) is 26.0 Å². The average Bonchev–Trinajstić information content (AvgIpc) is 3.45. The van der Waals surface area contributed by atoms with E-state index in [9.17, 15) is 14.4 Å². The molecule has 3 heterocycles. The highest BCUT2D eigenvalue weighted by molar-refractivity contribution is 7.13. The Morgan fingerprint density at radius 1 is 1.14 bits per heavy atom. The van der Waals surface area contributed by atoms with Gasteiger partial charge in [0, 0.05) is 12.8 Å². The lowest BCUT2D eigenvalue weighted by Crippen LogP contribution is -2.28. The molecule has 0 unspecified atom stereocenters. The molecule has 28 heavy (non-hydrogen) atoms. The minimum absolute atomic E-state index is 0.129. The van der Waals surface area contributed by atoms with Crippen molar-refractivity contribution in [3.8, 4) is 10.7 Å². The molecule has 1 aliphatic rings. The van der Waals surface area contributed by atoms with Crippen molar-refractivity contribution < 1.29 is 23.6 Å². The largest absolute Gasteiger partial charge is 0.452 e. The smallest absolute Gasteiger partial charge is 0.338 e. The van der Waals surface area contributed by atoms with Gasteiger partial charge in [-0.1, -0.05) is 23.4 Å². The highest BCUT2D eigenvalue weighted by atomic mass is 32.1. The van der Waals surface area contributed by atoms with E-state index >= 15 is 0 Å². The number of imide groups is 1. The Morgan fingerprint density at radius 2 is 1.89 bits per heavy atom. The van der Waals surface area contributed by atoms with Gasteiger partial charge in [0.2, 0.25) is 17.6 Å². The molecular weight excluding hydrogens is 382 g/mol. The summed E-state index contributed by atoms with van der Waals surface area (Å²) in [5.41, 5.74) is 1.11. The Bertz CT molecular complexity index is 995. The molecule has 3 aromatic rings. The van der Waals surface area contributed by atoms with Crippen LogP contribution in [0.2, 0.25) is 0 Å². The molecule has 1 aliphatic heterocycles. The van der Waals surface area contributed by atoms with Crippen LogP contribution in [-0.4, -0.2) is 32.8 Å². The average molecular weight is 397 g/mol. The van der Waals surface area contributed by atoms with Crippen LogP contribution in [0.15, 0.2) is 46.3 Å². The van der Waals surface area contributed by atoms with Crippen LogP contribution in [0.4, 0.5) is 0 Å². The quantitative estimate of drug-likeness (QED) is 0.465. The van der Waals surface area contributed by atoms with Crippen LogP contribution in [0.3, 0.4) is 0 Å². The minimum atomic E-state index is -0.532. The van der Waals surface area contributed by atoms with E-state index in [1.807, 2.05) is 17.5 Å². The van der Waals surface area contributed by atoms with Gasteiger partial charge in [0.05, 0.1) is 17.0 Å². The fraction of sp³-hybridized carbons (Fsp3) is 0.211. The van der Waals surface area contributed by atoms with Gasteiger partial charge >= 0.3 is 5.97 Å². The van der Waals surface area contributed by atoms with Crippen LogP contribution in [0, 0.1) is 0 Å². The topological polar surface area (TPSA) is 103 Å². The molecule has 0 atom stereocenters. The number of likely N-dealkylation sites (tertiary alicyclic amines) is 1. The number of rotatable bonds is 6. The van der Waals surface area contributed by atoms with Gasteiger partial charge in [-0.05, 0) is 29.1 Å².